The molecule has 0 atom stereocenters. The molecule has 114 valence electrons. The molecule has 2 aliphatic carbocycles. The zero-order valence-electron chi connectivity index (χ0n) is 12.2. The largest absolute Gasteiger partial charge is 0.335 e. The highest BCUT2D eigenvalue weighted by molar-refractivity contribution is 9.10. The average molecular weight is 354 g/mol. The molecule has 4 heteroatoms. The first-order chi connectivity index (χ1) is 10.1. The third-order valence-corrected chi connectivity index (χ3v) is 5.08. The number of carbonyl (C=O) groups excluding carboxylic acids is 1. The van der Waals surface area contributed by atoms with E-state index in [1.807, 2.05) is 4.90 Å². The van der Waals surface area contributed by atoms with E-state index >= 15 is 0 Å². The Labute approximate surface area is 133 Å². The Hall–Kier alpha value is -0.900. The van der Waals surface area contributed by atoms with Crippen LogP contribution in [0.5, 0.6) is 0 Å². The minimum atomic E-state index is -0.427. The Balaban J connectivity index is 1.75. The standard InChI is InChI=1S/C17H21BrFNO/c18-13-6-9-15(16(19)10-13)17(21)20(14-7-8-14)11-12-4-2-1-3-5-12/h6,9-10,12,14H,1-5,7-8,11H2. The zero-order valence-corrected chi connectivity index (χ0v) is 13.7. The van der Waals surface area contributed by atoms with Crippen LogP contribution in [0.1, 0.15) is 55.3 Å². The van der Waals surface area contributed by atoms with Gasteiger partial charge in [0, 0.05) is 17.1 Å². The van der Waals surface area contributed by atoms with Crippen LogP contribution in [0.4, 0.5) is 4.39 Å². The number of hydrogen-bond donors (Lipinski definition) is 0. The number of amides is 1. The summed E-state index contributed by atoms with van der Waals surface area (Å²) in [5, 5.41) is 0. The van der Waals surface area contributed by atoms with Crippen LogP contribution in [0, 0.1) is 11.7 Å². The number of carbonyl (C=O) groups is 1. The molecule has 0 unspecified atom stereocenters. The van der Waals surface area contributed by atoms with E-state index in [0.717, 1.165) is 19.4 Å². The van der Waals surface area contributed by atoms with Crippen molar-refractivity contribution in [2.75, 3.05) is 6.54 Å². The average Bonchev–Trinajstić information content (AvgIpc) is 3.30. The van der Waals surface area contributed by atoms with E-state index in [4.69, 9.17) is 0 Å². The summed E-state index contributed by atoms with van der Waals surface area (Å²) in [4.78, 5) is 14.6. The Kier molecular flexibility index (Phi) is 4.63. The zero-order chi connectivity index (χ0) is 14.8. The van der Waals surface area contributed by atoms with Crippen LogP contribution >= 0.6 is 15.9 Å². The van der Waals surface area contributed by atoms with E-state index in [1.54, 1.807) is 12.1 Å². The van der Waals surface area contributed by atoms with E-state index in [0.29, 0.717) is 16.4 Å². The van der Waals surface area contributed by atoms with Crippen molar-refractivity contribution < 1.29 is 9.18 Å². The molecule has 3 rings (SSSR count). The van der Waals surface area contributed by atoms with Crippen LogP contribution < -0.4 is 0 Å². The van der Waals surface area contributed by atoms with E-state index in [2.05, 4.69) is 15.9 Å². The lowest BCUT2D eigenvalue weighted by Gasteiger charge is -2.30. The second-order valence-corrected chi connectivity index (χ2v) is 7.23. The van der Waals surface area contributed by atoms with E-state index < -0.39 is 5.82 Å². The normalized spacial score (nSPS) is 19.5. The predicted molar refractivity (Wildman–Crippen MR) is 84.7 cm³/mol. The minimum absolute atomic E-state index is 0.131. The number of benzene rings is 1. The summed E-state index contributed by atoms with van der Waals surface area (Å²) in [7, 11) is 0. The fraction of sp³-hybridized carbons (Fsp3) is 0.588. The highest BCUT2D eigenvalue weighted by atomic mass is 79.9. The first-order valence-corrected chi connectivity index (χ1v) is 8.70. The quantitative estimate of drug-likeness (QED) is 0.763. The Morgan fingerprint density at radius 3 is 2.52 bits per heavy atom. The van der Waals surface area contributed by atoms with Gasteiger partial charge in [0.2, 0.25) is 0 Å². The van der Waals surface area contributed by atoms with Gasteiger partial charge in [-0.3, -0.25) is 4.79 Å². The molecule has 1 aromatic rings. The molecule has 0 aromatic heterocycles. The summed E-state index contributed by atoms with van der Waals surface area (Å²) in [6, 6.07) is 5.04. The van der Waals surface area contributed by atoms with Crippen LogP contribution in [-0.2, 0) is 0 Å². The van der Waals surface area contributed by atoms with E-state index in [1.165, 1.54) is 38.2 Å². The molecule has 0 radical (unpaired) electrons. The summed E-state index contributed by atoms with van der Waals surface area (Å²) in [5.74, 6) is 0.0403. The molecule has 0 spiro atoms. The first-order valence-electron chi connectivity index (χ1n) is 7.91. The van der Waals surface area contributed by atoms with Crippen LogP contribution in [0.15, 0.2) is 22.7 Å². The number of nitrogens with zero attached hydrogens (tertiary/aromatic N) is 1. The van der Waals surface area contributed by atoms with Gasteiger partial charge >= 0.3 is 0 Å². The summed E-state index contributed by atoms with van der Waals surface area (Å²) >= 11 is 3.24. The second kappa shape index (κ2) is 6.47. The molecule has 2 saturated carbocycles. The highest BCUT2D eigenvalue weighted by Gasteiger charge is 2.35. The van der Waals surface area contributed by atoms with E-state index in [9.17, 15) is 9.18 Å². The molecule has 1 aromatic carbocycles. The van der Waals surface area contributed by atoms with Crippen molar-refractivity contribution in [2.45, 2.75) is 51.0 Å². The Bertz CT molecular complexity index is 524. The molecule has 0 saturated heterocycles. The summed E-state index contributed by atoms with van der Waals surface area (Å²) in [6.07, 6.45) is 8.40. The lowest BCUT2D eigenvalue weighted by atomic mass is 9.88. The maximum Gasteiger partial charge on any atom is 0.257 e. The number of halogens is 2. The molecular weight excluding hydrogens is 333 g/mol. The molecular formula is C17H21BrFNO. The van der Waals surface area contributed by atoms with Crippen LogP contribution in [0.25, 0.3) is 0 Å². The van der Waals surface area contributed by atoms with Gasteiger partial charge in [0.05, 0.1) is 5.56 Å². The van der Waals surface area contributed by atoms with Gasteiger partial charge in [-0.15, -0.1) is 0 Å². The number of hydrogen-bond acceptors (Lipinski definition) is 1. The van der Waals surface area contributed by atoms with Crippen LogP contribution in [0.2, 0.25) is 0 Å². The molecule has 1 amide bonds. The summed E-state index contributed by atoms with van der Waals surface area (Å²) in [5.41, 5.74) is 0.209. The molecule has 2 fully saturated rings. The van der Waals surface area contributed by atoms with Gasteiger partial charge in [-0.05, 0) is 49.8 Å². The molecule has 0 aliphatic heterocycles. The van der Waals surface area contributed by atoms with Gasteiger partial charge in [-0.2, -0.15) is 0 Å². The van der Waals surface area contributed by atoms with E-state index in [-0.39, 0.29) is 11.5 Å². The van der Waals surface area contributed by atoms with Crippen molar-refractivity contribution >= 4 is 21.8 Å². The van der Waals surface area contributed by atoms with Crippen molar-refractivity contribution in [1.82, 2.24) is 4.90 Å². The van der Waals surface area contributed by atoms with Crippen LogP contribution in [-0.4, -0.2) is 23.4 Å². The van der Waals surface area contributed by atoms with Crippen molar-refractivity contribution in [3.8, 4) is 0 Å². The third kappa shape index (κ3) is 3.65. The summed E-state index contributed by atoms with van der Waals surface area (Å²) < 4.78 is 14.7. The molecule has 21 heavy (non-hydrogen) atoms. The van der Waals surface area contributed by atoms with Crippen molar-refractivity contribution in [3.63, 3.8) is 0 Å². The van der Waals surface area contributed by atoms with Gasteiger partial charge < -0.3 is 4.90 Å². The smallest absolute Gasteiger partial charge is 0.257 e. The SMILES string of the molecule is O=C(c1ccc(Br)cc1F)N(CC1CCCCC1)C1CC1. The minimum Gasteiger partial charge on any atom is -0.335 e. The third-order valence-electron chi connectivity index (χ3n) is 4.59. The lowest BCUT2D eigenvalue weighted by molar-refractivity contribution is 0.0694. The molecule has 2 aliphatic rings. The Morgan fingerprint density at radius 2 is 1.90 bits per heavy atom. The molecule has 0 heterocycles. The van der Waals surface area contributed by atoms with Gasteiger partial charge in [-0.1, -0.05) is 35.2 Å². The Morgan fingerprint density at radius 1 is 1.19 bits per heavy atom. The molecule has 2 nitrogen and oxygen atoms in total. The van der Waals surface area contributed by atoms with Crippen molar-refractivity contribution in [3.05, 3.63) is 34.1 Å². The second-order valence-electron chi connectivity index (χ2n) is 6.32. The first kappa shape index (κ1) is 15.0. The van der Waals surface area contributed by atoms with Gasteiger partial charge in [0.1, 0.15) is 5.82 Å². The van der Waals surface area contributed by atoms with Crippen molar-refractivity contribution in [2.24, 2.45) is 5.92 Å². The topological polar surface area (TPSA) is 20.3 Å². The van der Waals surface area contributed by atoms with Gasteiger partial charge in [-0.25, -0.2) is 4.39 Å². The monoisotopic (exact) mass is 353 g/mol. The van der Waals surface area contributed by atoms with Crippen LogP contribution in [0.3, 0.4) is 0 Å². The fourth-order valence-electron chi connectivity index (χ4n) is 3.25. The van der Waals surface area contributed by atoms with Gasteiger partial charge in [0.15, 0.2) is 0 Å². The maximum absolute atomic E-state index is 14.0. The number of rotatable bonds is 4. The lowest BCUT2D eigenvalue weighted by Crippen LogP contribution is -2.38. The maximum atomic E-state index is 14.0. The summed E-state index contributed by atoms with van der Waals surface area (Å²) in [6.45, 7) is 0.805. The van der Waals surface area contributed by atoms with Crippen molar-refractivity contribution in [1.29, 1.82) is 0 Å². The molecule has 0 N–H and O–H groups in total. The predicted octanol–water partition coefficient (Wildman–Crippen LogP) is 4.77. The fourth-order valence-corrected chi connectivity index (χ4v) is 3.58. The van der Waals surface area contributed by atoms with Gasteiger partial charge in [0.25, 0.3) is 5.91 Å². The highest BCUT2D eigenvalue weighted by Crippen LogP contribution is 2.33. The molecule has 0 bridgehead atoms.